The van der Waals surface area contributed by atoms with Crippen LogP contribution in [0.4, 0.5) is 0 Å². The minimum atomic E-state index is 0.351. The van der Waals surface area contributed by atoms with E-state index in [1.807, 2.05) is 0 Å². The monoisotopic (exact) mass is 282 g/mol. The van der Waals surface area contributed by atoms with Crippen molar-refractivity contribution in [3.63, 3.8) is 0 Å². The molecule has 3 rings (SSSR count). The highest BCUT2D eigenvalue weighted by molar-refractivity contribution is 5.83. The topological polar surface area (TPSA) is 29.3 Å². The lowest BCUT2D eigenvalue weighted by Crippen LogP contribution is -2.43. The van der Waals surface area contributed by atoms with E-state index in [0.29, 0.717) is 12.6 Å². The van der Waals surface area contributed by atoms with Crippen molar-refractivity contribution in [3.05, 3.63) is 48.0 Å². The molecule has 0 spiro atoms. The van der Waals surface area contributed by atoms with Crippen LogP contribution in [-0.4, -0.2) is 24.5 Å². The number of nitrogens with zero attached hydrogens (tertiary/aromatic N) is 1. The molecular weight excluding hydrogens is 256 g/mol. The van der Waals surface area contributed by atoms with Crippen LogP contribution in [0.25, 0.3) is 10.8 Å². The second kappa shape index (κ2) is 6.17. The standard InChI is InChI=1S/C19H26N2/c1-14-9-10-21(13-15(14)2)19(12-20)18-8-7-16-5-3-4-6-17(16)11-18/h3-8,11,14-15,19H,9-10,12-13,20H2,1-2H3. The molecule has 21 heavy (non-hydrogen) atoms. The van der Waals surface area contributed by atoms with E-state index in [1.165, 1.54) is 29.3 Å². The predicted molar refractivity (Wildman–Crippen MR) is 90.3 cm³/mol. The number of hydrogen-bond acceptors (Lipinski definition) is 2. The number of fused-ring (bicyclic) bond motifs is 1. The lowest BCUT2D eigenvalue weighted by atomic mass is 9.87. The van der Waals surface area contributed by atoms with E-state index in [2.05, 4.69) is 61.2 Å². The maximum atomic E-state index is 6.12. The molecule has 112 valence electrons. The van der Waals surface area contributed by atoms with Gasteiger partial charge in [-0.2, -0.15) is 0 Å². The molecule has 1 fully saturated rings. The zero-order chi connectivity index (χ0) is 14.8. The van der Waals surface area contributed by atoms with Crippen molar-refractivity contribution >= 4 is 10.8 Å². The van der Waals surface area contributed by atoms with E-state index in [0.717, 1.165) is 18.4 Å². The van der Waals surface area contributed by atoms with E-state index in [9.17, 15) is 0 Å². The quantitative estimate of drug-likeness (QED) is 0.927. The first kappa shape index (κ1) is 14.6. The van der Waals surface area contributed by atoms with Gasteiger partial charge in [0.15, 0.2) is 0 Å². The SMILES string of the molecule is CC1CCN(C(CN)c2ccc3ccccc3c2)CC1C. The lowest BCUT2D eigenvalue weighted by molar-refractivity contribution is 0.0983. The molecule has 1 aliphatic heterocycles. The Morgan fingerprint density at radius 2 is 1.86 bits per heavy atom. The van der Waals surface area contributed by atoms with Crippen LogP contribution in [0.15, 0.2) is 42.5 Å². The summed E-state index contributed by atoms with van der Waals surface area (Å²) in [5, 5.41) is 2.62. The number of piperidine rings is 1. The third kappa shape index (κ3) is 2.97. The average Bonchev–Trinajstić information content (AvgIpc) is 2.51. The Morgan fingerprint density at radius 1 is 1.10 bits per heavy atom. The first-order valence-electron chi connectivity index (χ1n) is 8.12. The third-order valence-corrected chi connectivity index (χ3v) is 5.19. The molecule has 0 bridgehead atoms. The maximum Gasteiger partial charge on any atom is 0.0470 e. The molecule has 1 saturated heterocycles. The van der Waals surface area contributed by atoms with Gasteiger partial charge in [-0.05, 0) is 47.2 Å². The fourth-order valence-corrected chi connectivity index (χ4v) is 3.49. The molecule has 1 heterocycles. The number of rotatable bonds is 3. The lowest BCUT2D eigenvalue weighted by Gasteiger charge is -2.40. The molecule has 1 aliphatic rings. The summed E-state index contributed by atoms with van der Waals surface area (Å²) in [5.74, 6) is 1.59. The summed E-state index contributed by atoms with van der Waals surface area (Å²) in [6, 6.07) is 15.7. The fraction of sp³-hybridized carbons (Fsp3) is 0.474. The van der Waals surface area contributed by atoms with E-state index in [1.54, 1.807) is 0 Å². The third-order valence-electron chi connectivity index (χ3n) is 5.19. The van der Waals surface area contributed by atoms with E-state index < -0.39 is 0 Å². The van der Waals surface area contributed by atoms with Crippen molar-refractivity contribution in [2.75, 3.05) is 19.6 Å². The average molecular weight is 282 g/mol. The van der Waals surface area contributed by atoms with Crippen LogP contribution in [0.3, 0.4) is 0 Å². The van der Waals surface area contributed by atoms with E-state index >= 15 is 0 Å². The number of benzene rings is 2. The van der Waals surface area contributed by atoms with Crippen LogP contribution in [0.1, 0.15) is 31.9 Å². The Kier molecular flexibility index (Phi) is 4.27. The zero-order valence-corrected chi connectivity index (χ0v) is 13.1. The van der Waals surface area contributed by atoms with Crippen LogP contribution >= 0.6 is 0 Å². The number of nitrogens with two attached hydrogens (primary N) is 1. The molecule has 2 aromatic rings. The van der Waals surface area contributed by atoms with E-state index in [4.69, 9.17) is 5.73 Å². The highest BCUT2D eigenvalue weighted by atomic mass is 15.2. The van der Waals surface area contributed by atoms with Gasteiger partial charge in [-0.25, -0.2) is 0 Å². The molecule has 2 aromatic carbocycles. The molecular formula is C19H26N2. The molecule has 2 nitrogen and oxygen atoms in total. The molecule has 0 radical (unpaired) electrons. The first-order valence-corrected chi connectivity index (χ1v) is 8.12. The van der Waals surface area contributed by atoms with Crippen molar-refractivity contribution < 1.29 is 0 Å². The highest BCUT2D eigenvalue weighted by Crippen LogP contribution is 2.30. The van der Waals surface area contributed by atoms with Gasteiger partial charge >= 0.3 is 0 Å². The molecule has 2 heteroatoms. The summed E-state index contributed by atoms with van der Waals surface area (Å²) < 4.78 is 0. The molecule has 0 saturated carbocycles. The largest absolute Gasteiger partial charge is 0.329 e. The predicted octanol–water partition coefficient (Wildman–Crippen LogP) is 3.82. The van der Waals surface area contributed by atoms with Gasteiger partial charge in [0.2, 0.25) is 0 Å². The summed E-state index contributed by atoms with van der Waals surface area (Å²) >= 11 is 0. The number of likely N-dealkylation sites (tertiary alicyclic amines) is 1. The van der Waals surface area contributed by atoms with Gasteiger partial charge in [0, 0.05) is 19.1 Å². The van der Waals surface area contributed by atoms with Crippen molar-refractivity contribution in [1.82, 2.24) is 4.90 Å². The Morgan fingerprint density at radius 3 is 2.57 bits per heavy atom. The Labute approximate surface area is 127 Å². The van der Waals surface area contributed by atoms with Gasteiger partial charge in [-0.15, -0.1) is 0 Å². The Hall–Kier alpha value is -1.38. The summed E-state index contributed by atoms with van der Waals surface area (Å²) in [5.41, 5.74) is 7.48. The van der Waals surface area contributed by atoms with Crippen molar-refractivity contribution in [3.8, 4) is 0 Å². The maximum absolute atomic E-state index is 6.12. The van der Waals surface area contributed by atoms with Crippen LogP contribution < -0.4 is 5.73 Å². The summed E-state index contributed by atoms with van der Waals surface area (Å²) in [6.45, 7) is 7.76. The van der Waals surface area contributed by atoms with Gasteiger partial charge in [0.05, 0.1) is 0 Å². The smallest absolute Gasteiger partial charge is 0.0470 e. The molecule has 3 atom stereocenters. The summed E-state index contributed by atoms with van der Waals surface area (Å²) in [6.07, 6.45) is 1.28. The van der Waals surface area contributed by atoms with Gasteiger partial charge in [0.1, 0.15) is 0 Å². The molecule has 3 unspecified atom stereocenters. The molecule has 0 amide bonds. The van der Waals surface area contributed by atoms with Crippen LogP contribution in [0.2, 0.25) is 0 Å². The first-order chi connectivity index (χ1) is 10.2. The number of hydrogen-bond donors (Lipinski definition) is 1. The second-order valence-electron chi connectivity index (χ2n) is 6.60. The summed E-state index contributed by atoms with van der Waals surface area (Å²) in [4.78, 5) is 2.58. The van der Waals surface area contributed by atoms with Gasteiger partial charge < -0.3 is 5.73 Å². The van der Waals surface area contributed by atoms with Crippen molar-refractivity contribution in [1.29, 1.82) is 0 Å². The van der Waals surface area contributed by atoms with Gasteiger partial charge in [-0.1, -0.05) is 50.2 Å². The second-order valence-corrected chi connectivity index (χ2v) is 6.60. The minimum Gasteiger partial charge on any atom is -0.329 e. The summed E-state index contributed by atoms with van der Waals surface area (Å²) in [7, 11) is 0. The molecule has 0 aliphatic carbocycles. The Balaban J connectivity index is 1.87. The van der Waals surface area contributed by atoms with Crippen LogP contribution in [-0.2, 0) is 0 Å². The Bertz CT molecular complexity index is 607. The van der Waals surface area contributed by atoms with Crippen molar-refractivity contribution in [2.24, 2.45) is 17.6 Å². The van der Waals surface area contributed by atoms with Crippen LogP contribution in [0.5, 0.6) is 0 Å². The highest BCUT2D eigenvalue weighted by Gasteiger charge is 2.27. The van der Waals surface area contributed by atoms with Gasteiger partial charge in [0.25, 0.3) is 0 Å². The fourth-order valence-electron chi connectivity index (χ4n) is 3.49. The van der Waals surface area contributed by atoms with Crippen LogP contribution in [0, 0.1) is 11.8 Å². The zero-order valence-electron chi connectivity index (χ0n) is 13.1. The van der Waals surface area contributed by atoms with Crippen molar-refractivity contribution in [2.45, 2.75) is 26.3 Å². The van der Waals surface area contributed by atoms with Gasteiger partial charge in [-0.3, -0.25) is 4.90 Å². The van der Waals surface area contributed by atoms with E-state index in [-0.39, 0.29) is 0 Å². The molecule has 0 aromatic heterocycles. The molecule has 2 N–H and O–H groups in total. The minimum absolute atomic E-state index is 0.351. The normalized spacial score (nSPS) is 25.1.